The van der Waals surface area contributed by atoms with Crippen LogP contribution in [0.2, 0.25) is 0 Å². The van der Waals surface area contributed by atoms with Crippen molar-refractivity contribution in [1.82, 2.24) is 4.90 Å². The van der Waals surface area contributed by atoms with E-state index in [1.807, 2.05) is 18.2 Å². The van der Waals surface area contributed by atoms with Crippen LogP contribution >= 0.6 is 0 Å². The average Bonchev–Trinajstić information content (AvgIpc) is 3.20. The van der Waals surface area contributed by atoms with Gasteiger partial charge in [0.25, 0.3) is 0 Å². The average molecular weight is 383 g/mol. The lowest BCUT2D eigenvalue weighted by Gasteiger charge is -2.44. The van der Waals surface area contributed by atoms with Crippen LogP contribution in [-0.4, -0.2) is 51.3 Å². The standard InChI is InChI=1S/C22H25NO5/c1-14-21(15-3-5-16(24-2)6-4-15)17-11-19-20(27-13-26-19)12-18(17)28-22(14)23-7-9-25-10-8-23/h3-6,11-12,14,21-22H,7-10,13H2,1-2H3/t14-,21+,22+/m1/s1. The Bertz CT molecular complexity index is 847. The zero-order valence-corrected chi connectivity index (χ0v) is 16.2. The van der Waals surface area contributed by atoms with Crippen molar-refractivity contribution in [2.24, 2.45) is 5.92 Å². The van der Waals surface area contributed by atoms with Crippen molar-refractivity contribution in [3.63, 3.8) is 0 Å². The van der Waals surface area contributed by atoms with Crippen LogP contribution in [0.5, 0.6) is 23.0 Å². The lowest BCUT2D eigenvalue weighted by molar-refractivity contribution is -0.0784. The molecule has 0 saturated carbocycles. The lowest BCUT2D eigenvalue weighted by atomic mass is 9.78. The number of hydrogen-bond acceptors (Lipinski definition) is 6. The van der Waals surface area contributed by atoms with Gasteiger partial charge in [-0.25, -0.2) is 0 Å². The molecular formula is C22H25NO5. The second-order valence-electron chi connectivity index (χ2n) is 7.51. The molecule has 5 rings (SSSR count). The van der Waals surface area contributed by atoms with Gasteiger partial charge in [0, 0.05) is 36.6 Å². The molecule has 1 fully saturated rings. The molecule has 0 aliphatic carbocycles. The van der Waals surface area contributed by atoms with Gasteiger partial charge in [0.15, 0.2) is 17.7 Å². The highest BCUT2D eigenvalue weighted by Crippen LogP contribution is 2.49. The van der Waals surface area contributed by atoms with Crippen LogP contribution in [0.3, 0.4) is 0 Å². The molecule has 28 heavy (non-hydrogen) atoms. The fourth-order valence-electron chi connectivity index (χ4n) is 4.50. The summed E-state index contributed by atoms with van der Waals surface area (Å²) in [5.74, 6) is 3.73. The second kappa shape index (κ2) is 7.18. The summed E-state index contributed by atoms with van der Waals surface area (Å²) in [5.41, 5.74) is 2.39. The van der Waals surface area contributed by atoms with Crippen LogP contribution in [0.1, 0.15) is 24.0 Å². The first-order valence-corrected chi connectivity index (χ1v) is 9.80. The maximum absolute atomic E-state index is 6.52. The SMILES string of the molecule is COc1ccc([C@H]2c3cc4c(cc3O[C@H](N3CCOCC3)[C@@H]2C)OCO4)cc1. The van der Waals surface area contributed by atoms with E-state index < -0.39 is 0 Å². The maximum atomic E-state index is 6.52. The molecule has 148 valence electrons. The van der Waals surface area contributed by atoms with Crippen molar-refractivity contribution < 1.29 is 23.7 Å². The number of methoxy groups -OCH3 is 1. The molecule has 0 radical (unpaired) electrons. The first-order chi connectivity index (χ1) is 13.7. The number of morpholine rings is 1. The molecule has 0 spiro atoms. The van der Waals surface area contributed by atoms with Crippen LogP contribution in [0, 0.1) is 5.92 Å². The first kappa shape index (κ1) is 17.6. The molecule has 1 saturated heterocycles. The van der Waals surface area contributed by atoms with Crippen LogP contribution in [0.25, 0.3) is 0 Å². The Balaban J connectivity index is 1.58. The normalized spacial score (nSPS) is 26.4. The van der Waals surface area contributed by atoms with Crippen molar-refractivity contribution in [3.05, 3.63) is 47.5 Å². The van der Waals surface area contributed by atoms with E-state index >= 15 is 0 Å². The Hall–Kier alpha value is -2.44. The largest absolute Gasteiger partial charge is 0.497 e. The van der Waals surface area contributed by atoms with Crippen molar-refractivity contribution in [2.75, 3.05) is 40.2 Å². The third kappa shape index (κ3) is 2.97. The van der Waals surface area contributed by atoms with E-state index in [4.69, 9.17) is 23.7 Å². The monoisotopic (exact) mass is 383 g/mol. The summed E-state index contributed by atoms with van der Waals surface area (Å²) in [7, 11) is 1.69. The molecule has 3 heterocycles. The van der Waals surface area contributed by atoms with Crippen LogP contribution in [0.15, 0.2) is 36.4 Å². The van der Waals surface area contributed by atoms with Gasteiger partial charge in [0.1, 0.15) is 11.5 Å². The highest BCUT2D eigenvalue weighted by atomic mass is 16.7. The maximum Gasteiger partial charge on any atom is 0.231 e. The third-order valence-corrected chi connectivity index (χ3v) is 5.94. The molecule has 2 aromatic carbocycles. The summed E-state index contributed by atoms with van der Waals surface area (Å²) in [5, 5.41) is 0. The summed E-state index contributed by atoms with van der Waals surface area (Å²) in [6, 6.07) is 12.4. The van der Waals surface area contributed by atoms with E-state index in [2.05, 4.69) is 30.0 Å². The van der Waals surface area contributed by atoms with Crippen LogP contribution < -0.4 is 18.9 Å². The summed E-state index contributed by atoms with van der Waals surface area (Å²) < 4.78 is 28.6. The Kier molecular flexibility index (Phi) is 4.53. The Morgan fingerprint density at radius 3 is 2.39 bits per heavy atom. The van der Waals surface area contributed by atoms with E-state index in [-0.39, 0.29) is 24.9 Å². The Labute approximate surface area is 164 Å². The summed E-state index contributed by atoms with van der Waals surface area (Å²) in [4.78, 5) is 2.39. The van der Waals surface area contributed by atoms with E-state index in [1.54, 1.807) is 7.11 Å². The first-order valence-electron chi connectivity index (χ1n) is 9.80. The number of benzene rings is 2. The number of hydrogen-bond donors (Lipinski definition) is 0. The Morgan fingerprint density at radius 2 is 1.68 bits per heavy atom. The van der Waals surface area contributed by atoms with Gasteiger partial charge in [-0.05, 0) is 23.8 Å². The van der Waals surface area contributed by atoms with Gasteiger partial charge in [0.2, 0.25) is 6.79 Å². The predicted octanol–water partition coefficient (Wildman–Crippen LogP) is 3.24. The van der Waals surface area contributed by atoms with Gasteiger partial charge in [-0.1, -0.05) is 19.1 Å². The fourth-order valence-corrected chi connectivity index (χ4v) is 4.50. The number of nitrogens with zero attached hydrogens (tertiary/aromatic N) is 1. The topological polar surface area (TPSA) is 49.4 Å². The minimum absolute atomic E-state index is 0.0103. The molecule has 3 atom stereocenters. The summed E-state index contributed by atoms with van der Waals surface area (Å²) in [6.45, 7) is 5.77. The number of fused-ring (bicyclic) bond motifs is 2. The van der Waals surface area contributed by atoms with Crippen LogP contribution in [0.4, 0.5) is 0 Å². The van der Waals surface area contributed by atoms with Gasteiger partial charge >= 0.3 is 0 Å². The molecule has 3 aliphatic heterocycles. The molecule has 6 heteroatoms. The molecule has 0 amide bonds. The van der Waals surface area contributed by atoms with Crippen molar-refractivity contribution in [2.45, 2.75) is 19.1 Å². The van der Waals surface area contributed by atoms with Gasteiger partial charge in [-0.15, -0.1) is 0 Å². The number of rotatable bonds is 3. The molecule has 0 unspecified atom stereocenters. The number of ether oxygens (including phenoxy) is 5. The van der Waals surface area contributed by atoms with E-state index in [0.717, 1.165) is 54.9 Å². The van der Waals surface area contributed by atoms with Gasteiger partial charge in [-0.2, -0.15) is 0 Å². The van der Waals surface area contributed by atoms with Crippen molar-refractivity contribution >= 4 is 0 Å². The zero-order valence-electron chi connectivity index (χ0n) is 16.2. The summed E-state index contributed by atoms with van der Waals surface area (Å²) in [6.07, 6.45) is -0.0103. The molecule has 0 aromatic heterocycles. The third-order valence-electron chi connectivity index (χ3n) is 5.94. The molecule has 0 bridgehead atoms. The summed E-state index contributed by atoms with van der Waals surface area (Å²) >= 11 is 0. The molecule has 3 aliphatic rings. The van der Waals surface area contributed by atoms with E-state index in [1.165, 1.54) is 5.56 Å². The molecular weight excluding hydrogens is 358 g/mol. The highest BCUT2D eigenvalue weighted by molar-refractivity contribution is 5.56. The molecule has 6 nitrogen and oxygen atoms in total. The zero-order chi connectivity index (χ0) is 19.1. The minimum atomic E-state index is -0.0103. The molecule has 2 aromatic rings. The van der Waals surface area contributed by atoms with Crippen molar-refractivity contribution in [3.8, 4) is 23.0 Å². The Morgan fingerprint density at radius 1 is 0.964 bits per heavy atom. The lowest BCUT2D eigenvalue weighted by Crippen LogP contribution is -2.52. The quantitative estimate of drug-likeness (QED) is 0.811. The second-order valence-corrected chi connectivity index (χ2v) is 7.51. The van der Waals surface area contributed by atoms with Gasteiger partial charge in [-0.3, -0.25) is 4.90 Å². The van der Waals surface area contributed by atoms with Gasteiger partial charge in [0.05, 0.1) is 20.3 Å². The fraction of sp³-hybridized carbons (Fsp3) is 0.455. The highest BCUT2D eigenvalue weighted by Gasteiger charge is 2.41. The van der Waals surface area contributed by atoms with Gasteiger partial charge < -0.3 is 23.7 Å². The minimum Gasteiger partial charge on any atom is -0.497 e. The van der Waals surface area contributed by atoms with E-state index in [0.29, 0.717) is 0 Å². The predicted molar refractivity (Wildman–Crippen MR) is 103 cm³/mol. The van der Waals surface area contributed by atoms with Crippen molar-refractivity contribution in [1.29, 1.82) is 0 Å². The van der Waals surface area contributed by atoms with E-state index in [9.17, 15) is 0 Å². The molecule has 0 N–H and O–H groups in total. The smallest absolute Gasteiger partial charge is 0.231 e. The van der Waals surface area contributed by atoms with Crippen LogP contribution in [-0.2, 0) is 4.74 Å².